The number of nitrogens with zero attached hydrogens (tertiary/aromatic N) is 3. The van der Waals surface area contributed by atoms with Crippen molar-refractivity contribution in [2.24, 2.45) is 0 Å². The van der Waals surface area contributed by atoms with Crippen LogP contribution in [-0.4, -0.2) is 20.1 Å². The molecule has 0 radical (unpaired) electrons. The quantitative estimate of drug-likeness (QED) is 0.796. The Hall–Kier alpha value is -1.42. The molecule has 0 spiro atoms. The van der Waals surface area contributed by atoms with E-state index in [4.69, 9.17) is 5.11 Å². The average Bonchev–Trinajstić information content (AvgIpc) is 2.59. The van der Waals surface area contributed by atoms with Crippen LogP contribution < -0.4 is 0 Å². The first-order chi connectivity index (χ1) is 6.83. The van der Waals surface area contributed by atoms with Crippen molar-refractivity contribution < 1.29 is 5.11 Å². The third-order valence-electron chi connectivity index (χ3n) is 2.09. The first-order valence-electron chi connectivity index (χ1n) is 4.78. The Bertz CT molecular complexity index is 436. The molecular formula is C10H13N3O. The molecule has 4 nitrogen and oxygen atoms in total. The highest BCUT2D eigenvalue weighted by Gasteiger charge is 2.02. The molecule has 0 aliphatic rings. The van der Waals surface area contributed by atoms with Crippen molar-refractivity contribution in [3.63, 3.8) is 0 Å². The Morgan fingerprint density at radius 2 is 2.07 bits per heavy atom. The van der Waals surface area contributed by atoms with Crippen LogP contribution in [0.2, 0.25) is 0 Å². The van der Waals surface area contributed by atoms with E-state index < -0.39 is 0 Å². The van der Waals surface area contributed by atoms with Crippen LogP contribution in [0.4, 0.5) is 0 Å². The van der Waals surface area contributed by atoms with Crippen molar-refractivity contribution in [3.8, 4) is 0 Å². The van der Waals surface area contributed by atoms with Crippen molar-refractivity contribution in [3.05, 3.63) is 23.8 Å². The minimum Gasteiger partial charge on any atom is -0.392 e. The van der Waals surface area contributed by atoms with Gasteiger partial charge in [0.15, 0.2) is 0 Å². The fraction of sp³-hybridized carbons (Fsp3) is 0.400. The predicted molar refractivity (Wildman–Crippen MR) is 53.7 cm³/mol. The number of hydrogen-bond acceptors (Lipinski definition) is 3. The maximum atomic E-state index is 8.95. The summed E-state index contributed by atoms with van der Waals surface area (Å²) in [5.41, 5.74) is 2.61. The minimum absolute atomic E-state index is 0.0522. The summed E-state index contributed by atoms with van der Waals surface area (Å²) >= 11 is 0. The molecule has 0 aliphatic carbocycles. The van der Waals surface area contributed by atoms with Gasteiger partial charge in [-0.05, 0) is 24.1 Å². The second-order valence-electron chi connectivity index (χ2n) is 3.28. The maximum absolute atomic E-state index is 8.95. The van der Waals surface area contributed by atoms with Gasteiger partial charge in [0.05, 0.1) is 13.2 Å². The molecule has 0 unspecified atom stereocenters. The third kappa shape index (κ3) is 1.61. The molecule has 0 saturated heterocycles. The summed E-state index contributed by atoms with van der Waals surface area (Å²) in [6.07, 6.45) is 1.02. The van der Waals surface area contributed by atoms with E-state index in [9.17, 15) is 0 Å². The zero-order valence-electron chi connectivity index (χ0n) is 8.14. The van der Waals surface area contributed by atoms with Crippen LogP contribution in [0.3, 0.4) is 0 Å². The summed E-state index contributed by atoms with van der Waals surface area (Å²) in [7, 11) is 0. The molecule has 14 heavy (non-hydrogen) atoms. The van der Waals surface area contributed by atoms with Crippen molar-refractivity contribution in [2.45, 2.75) is 26.5 Å². The van der Waals surface area contributed by atoms with Gasteiger partial charge in [0, 0.05) is 0 Å². The second kappa shape index (κ2) is 3.75. The van der Waals surface area contributed by atoms with Crippen LogP contribution in [0.15, 0.2) is 18.2 Å². The van der Waals surface area contributed by atoms with Crippen LogP contribution in [-0.2, 0) is 13.2 Å². The molecule has 2 aromatic rings. The number of aromatic nitrogens is 3. The highest BCUT2D eigenvalue weighted by atomic mass is 16.3. The Labute approximate surface area is 82.2 Å². The highest BCUT2D eigenvalue weighted by Crippen LogP contribution is 2.11. The van der Waals surface area contributed by atoms with Gasteiger partial charge in [0.2, 0.25) is 0 Å². The lowest BCUT2D eigenvalue weighted by molar-refractivity contribution is 0.282. The molecule has 2 rings (SSSR count). The first-order valence-corrected chi connectivity index (χ1v) is 4.78. The van der Waals surface area contributed by atoms with Gasteiger partial charge in [0.1, 0.15) is 11.0 Å². The van der Waals surface area contributed by atoms with Crippen LogP contribution in [0, 0.1) is 0 Å². The van der Waals surface area contributed by atoms with Crippen LogP contribution in [0.5, 0.6) is 0 Å². The Balaban J connectivity index is 2.43. The number of aliphatic hydroxyl groups is 1. The van der Waals surface area contributed by atoms with Gasteiger partial charge in [0.25, 0.3) is 0 Å². The molecule has 0 amide bonds. The van der Waals surface area contributed by atoms with Gasteiger partial charge in [-0.3, -0.25) is 0 Å². The molecule has 74 valence electrons. The van der Waals surface area contributed by atoms with Crippen molar-refractivity contribution in [2.75, 3.05) is 0 Å². The number of fused-ring (bicyclic) bond motifs is 1. The zero-order valence-corrected chi connectivity index (χ0v) is 8.14. The highest BCUT2D eigenvalue weighted by molar-refractivity contribution is 5.74. The van der Waals surface area contributed by atoms with Gasteiger partial charge >= 0.3 is 0 Å². The monoisotopic (exact) mass is 191 g/mol. The van der Waals surface area contributed by atoms with E-state index in [1.165, 1.54) is 0 Å². The largest absolute Gasteiger partial charge is 0.392 e. The Morgan fingerprint density at radius 3 is 2.79 bits per heavy atom. The first kappa shape index (κ1) is 9.15. The van der Waals surface area contributed by atoms with Crippen molar-refractivity contribution >= 4 is 11.0 Å². The van der Waals surface area contributed by atoms with Crippen LogP contribution in [0.1, 0.15) is 18.9 Å². The maximum Gasteiger partial charge on any atom is 0.113 e. The summed E-state index contributed by atoms with van der Waals surface area (Å²) in [4.78, 5) is 1.70. The standard InChI is InChI=1S/C10H13N3O/c1-2-5-13-11-9-4-3-8(7-14)6-10(9)12-13/h3-4,6,14H,2,5,7H2,1H3. The molecule has 1 aromatic carbocycles. The summed E-state index contributed by atoms with van der Waals surface area (Å²) in [5.74, 6) is 0. The van der Waals surface area contributed by atoms with E-state index in [1.807, 2.05) is 18.2 Å². The number of benzene rings is 1. The van der Waals surface area contributed by atoms with Gasteiger partial charge in [-0.15, -0.1) is 0 Å². The number of rotatable bonds is 3. The van der Waals surface area contributed by atoms with Gasteiger partial charge in [-0.2, -0.15) is 15.0 Å². The lowest BCUT2D eigenvalue weighted by Gasteiger charge is -1.92. The number of aliphatic hydroxyl groups excluding tert-OH is 1. The van der Waals surface area contributed by atoms with E-state index in [0.29, 0.717) is 0 Å². The molecule has 0 aliphatic heterocycles. The van der Waals surface area contributed by atoms with Gasteiger partial charge in [-0.25, -0.2) is 0 Å². The topological polar surface area (TPSA) is 50.9 Å². The molecule has 4 heteroatoms. The van der Waals surface area contributed by atoms with Gasteiger partial charge < -0.3 is 5.11 Å². The molecule has 0 saturated carbocycles. The van der Waals surface area contributed by atoms with Gasteiger partial charge in [-0.1, -0.05) is 13.0 Å². The van der Waals surface area contributed by atoms with Crippen molar-refractivity contribution in [1.29, 1.82) is 0 Å². The molecule has 1 aromatic heterocycles. The summed E-state index contributed by atoms with van der Waals surface area (Å²) in [6.45, 7) is 2.98. The Kier molecular flexibility index (Phi) is 2.45. The Morgan fingerprint density at radius 1 is 1.29 bits per heavy atom. The van der Waals surface area contributed by atoms with E-state index in [1.54, 1.807) is 4.80 Å². The fourth-order valence-electron chi connectivity index (χ4n) is 1.40. The van der Waals surface area contributed by atoms with Crippen LogP contribution >= 0.6 is 0 Å². The number of hydrogen-bond donors (Lipinski definition) is 1. The minimum atomic E-state index is 0.0522. The second-order valence-corrected chi connectivity index (χ2v) is 3.28. The molecular weight excluding hydrogens is 178 g/mol. The zero-order chi connectivity index (χ0) is 9.97. The third-order valence-corrected chi connectivity index (χ3v) is 2.09. The molecule has 1 heterocycles. The molecule has 0 fully saturated rings. The van der Waals surface area contributed by atoms with E-state index in [-0.39, 0.29) is 6.61 Å². The van der Waals surface area contributed by atoms with Crippen molar-refractivity contribution in [1.82, 2.24) is 15.0 Å². The summed E-state index contributed by atoms with van der Waals surface area (Å²) in [5, 5.41) is 17.6. The normalized spacial score (nSPS) is 11.0. The fourth-order valence-corrected chi connectivity index (χ4v) is 1.40. The van der Waals surface area contributed by atoms with E-state index in [0.717, 1.165) is 29.6 Å². The molecule has 0 bridgehead atoms. The number of aryl methyl sites for hydroxylation is 1. The summed E-state index contributed by atoms with van der Waals surface area (Å²) < 4.78 is 0. The average molecular weight is 191 g/mol. The van der Waals surface area contributed by atoms with E-state index >= 15 is 0 Å². The molecule has 1 N–H and O–H groups in total. The lowest BCUT2D eigenvalue weighted by Crippen LogP contribution is -2.00. The summed E-state index contributed by atoms with van der Waals surface area (Å²) in [6, 6.07) is 5.63. The predicted octanol–water partition coefficient (Wildman–Crippen LogP) is 1.33. The smallest absolute Gasteiger partial charge is 0.113 e. The van der Waals surface area contributed by atoms with E-state index in [2.05, 4.69) is 17.1 Å². The molecule has 0 atom stereocenters. The SMILES string of the molecule is CCCn1nc2ccc(CO)cc2n1. The van der Waals surface area contributed by atoms with Crippen LogP contribution in [0.25, 0.3) is 11.0 Å². The lowest BCUT2D eigenvalue weighted by atomic mass is 10.2.